The molecule has 2 aliphatic heterocycles. The summed E-state index contributed by atoms with van der Waals surface area (Å²) in [6.45, 7) is 42.3. The van der Waals surface area contributed by atoms with Crippen molar-refractivity contribution in [3.63, 3.8) is 0 Å². The number of ketones is 2. The summed E-state index contributed by atoms with van der Waals surface area (Å²) >= 11 is 0. The molecule has 0 saturated carbocycles. The van der Waals surface area contributed by atoms with Crippen molar-refractivity contribution in [2.24, 2.45) is 5.92 Å². The van der Waals surface area contributed by atoms with Crippen LogP contribution in [-0.4, -0.2) is 277 Å². The number of benzene rings is 4. The average molecular weight is 2180 g/mol. The number of anilines is 2. The Morgan fingerprint density at radius 1 is 0.416 bits per heavy atom. The Balaban J connectivity index is 0.000000341. The highest BCUT2D eigenvalue weighted by molar-refractivity contribution is 6.71. The van der Waals surface area contributed by atoms with Gasteiger partial charge in [0.25, 0.3) is 0 Å². The van der Waals surface area contributed by atoms with Gasteiger partial charge in [-0.05, 0) is 135 Å². The van der Waals surface area contributed by atoms with E-state index in [-0.39, 0.29) is 89.6 Å². The molecule has 0 spiro atoms. The Kier molecular flexibility index (Phi) is 71.4. The van der Waals surface area contributed by atoms with E-state index >= 15 is 0 Å². The van der Waals surface area contributed by atoms with Gasteiger partial charge in [0.2, 0.25) is 17.7 Å². The smallest absolute Gasteiger partial charge is 0.227 e. The number of rotatable bonds is 77. The van der Waals surface area contributed by atoms with Crippen LogP contribution in [0.15, 0.2) is 122 Å². The van der Waals surface area contributed by atoms with Crippen molar-refractivity contribution < 1.29 is 108 Å². The maximum atomic E-state index is 13.5. The zero-order chi connectivity index (χ0) is 107. The molecule has 1 unspecified atom stereocenters. The SMILES string of the molecule is CCC(CCCC[NH3+])C(=O)NCCOCCn1ccnn1.CCCCCCCCCCC[Si](C)(C)O[C@@H](C)C(C)(C)O[Si](C)(C)CCCCCCCCCCC.CCOCCOCCOCCOCCCC(=O)CCC(=O)N1Cc2ccccc2-c2n[nH]nc2-c2ccccc21.CCOCCOCCOCCOCCCC(=O)CCC(=O)N1Cc2ccccc2-c2n[nH]nc2-c2ccccc21.COCCOCCn1ccnn1.[Br-]. The molecule has 149 heavy (non-hydrogen) atoms. The number of nitrogens with zero attached hydrogens (tertiary/aromatic N) is 12. The Morgan fingerprint density at radius 3 is 1.17 bits per heavy atom. The lowest BCUT2D eigenvalue weighted by Crippen LogP contribution is -3.00. The van der Waals surface area contributed by atoms with Gasteiger partial charge >= 0.3 is 0 Å². The van der Waals surface area contributed by atoms with Gasteiger partial charge in [-0.3, -0.25) is 33.3 Å². The maximum Gasteiger partial charge on any atom is 0.227 e. The zero-order valence-corrected chi connectivity index (χ0v) is 96.3. The summed E-state index contributed by atoms with van der Waals surface area (Å²) in [6, 6.07) is 33.7. The standard InChI is InChI=1S/C31H68O2Si2.2C30H38N4O6.C14H27N5O2.C7H13N3O2.BrH/c1-10-12-14-16-18-20-22-24-26-28-34(6,7)32-30(3)31(4,5)33-35(8,9)29-27-25-23-21-19-17-15-13-11-2;2*1-2-37-16-17-39-20-21-40-19-18-38-15-7-9-24(35)13-14-28(36)34-22-23-8-3-4-10-25(23)29-30(32-33-31-29)26-11-5-6-12-27(26)34;1-2-13(5-3-4-6-15)14(20)16-8-11-21-12-10-19-9-7-17-18-19;1-11-6-7-12-5-4-10-3-2-8-9-10;/h30H,10-29H2,1-9H3;2*3-6,8,10-12H,2,7,9,13-22H2,1H3,(H,31,32,33);7,9,13H,2-6,8,10-12,15H2,1H3,(H,16,20);2-3H,4-7H2,1H3;1H/t30-;;;;;/m0...../s1. The number of quaternary nitrogens is 1. The van der Waals surface area contributed by atoms with Gasteiger partial charge in [-0.2, -0.15) is 30.8 Å². The van der Waals surface area contributed by atoms with Crippen LogP contribution in [-0.2, 0) is 111 Å². The van der Waals surface area contributed by atoms with E-state index in [1.807, 2.05) is 111 Å². The Labute approximate surface area is 902 Å². The van der Waals surface area contributed by atoms with Crippen molar-refractivity contribution in [1.29, 1.82) is 0 Å². The second kappa shape index (κ2) is 81.3. The van der Waals surface area contributed by atoms with Gasteiger partial charge in [0.15, 0.2) is 16.6 Å². The second-order valence-corrected chi connectivity index (χ2v) is 47.6. The molecule has 836 valence electrons. The summed E-state index contributed by atoms with van der Waals surface area (Å²) in [5.74, 6) is 0.164. The molecule has 0 saturated heterocycles. The fraction of sp³-hybridized carbons (Fsp3) is 0.670. The van der Waals surface area contributed by atoms with Crippen molar-refractivity contribution >= 4 is 57.3 Å². The van der Waals surface area contributed by atoms with Gasteiger partial charge in [-0.25, -0.2) is 0 Å². The molecule has 4 aromatic carbocycles. The van der Waals surface area contributed by atoms with Gasteiger partial charge in [-0.1, -0.05) is 232 Å². The number of carbonyl (C=O) groups is 5. The van der Waals surface area contributed by atoms with E-state index < -0.39 is 16.6 Å². The molecule has 0 fully saturated rings. The van der Waals surface area contributed by atoms with Gasteiger partial charge in [0.1, 0.15) is 34.3 Å². The fourth-order valence-electron chi connectivity index (χ4n) is 17.2. The van der Waals surface area contributed by atoms with Crippen molar-refractivity contribution in [1.82, 2.24) is 66.1 Å². The number of carbonyl (C=O) groups excluding carboxylic acids is 5. The molecular weight excluding hydrogens is 1990 g/mol. The number of aromatic amines is 2. The average Bonchev–Trinajstić information content (AvgIpc) is 1.71. The van der Waals surface area contributed by atoms with Gasteiger partial charge in [0.05, 0.1) is 181 Å². The van der Waals surface area contributed by atoms with Crippen molar-refractivity contribution in [2.75, 3.05) is 169 Å². The minimum Gasteiger partial charge on any atom is -1.00 e. The molecule has 2 aliphatic rings. The third-order valence-corrected chi connectivity index (χ3v) is 30.9. The lowest BCUT2D eigenvalue weighted by atomic mass is 9.95. The predicted molar refractivity (Wildman–Crippen MR) is 588 cm³/mol. The van der Waals surface area contributed by atoms with Gasteiger partial charge in [0, 0.05) is 119 Å². The molecule has 8 aromatic rings. The predicted octanol–water partition coefficient (Wildman–Crippen LogP) is 16.9. The van der Waals surface area contributed by atoms with Gasteiger partial charge < -0.3 is 98.8 Å². The van der Waals surface area contributed by atoms with Crippen LogP contribution in [0.25, 0.3) is 45.0 Å². The molecule has 37 heteroatoms. The number of hydrogen-bond acceptors (Lipinski definition) is 26. The first-order valence-corrected chi connectivity index (χ1v) is 61.5. The molecule has 0 radical (unpaired) electrons. The molecule has 4 aromatic heterocycles. The molecule has 34 nitrogen and oxygen atoms in total. The van der Waals surface area contributed by atoms with Crippen molar-refractivity contribution in [3.05, 3.63) is 133 Å². The Morgan fingerprint density at radius 2 is 0.779 bits per heavy atom. The normalized spacial score (nSPS) is 12.4. The first kappa shape index (κ1) is 131. The van der Waals surface area contributed by atoms with Crippen LogP contribution < -0.4 is 37.8 Å². The largest absolute Gasteiger partial charge is 1.00 e. The van der Waals surface area contributed by atoms with Crippen LogP contribution in [0.4, 0.5) is 11.4 Å². The van der Waals surface area contributed by atoms with Crippen LogP contribution in [0.3, 0.4) is 0 Å². The van der Waals surface area contributed by atoms with E-state index in [4.69, 9.17) is 61.0 Å². The minimum atomic E-state index is -1.68. The number of ether oxygens (including phenoxy) is 11. The monoisotopic (exact) mass is 2180 g/mol. The highest BCUT2D eigenvalue weighted by Gasteiger charge is 2.39. The maximum absolute atomic E-state index is 13.5. The van der Waals surface area contributed by atoms with E-state index in [0.29, 0.717) is 202 Å². The topological polar surface area (TPSA) is 396 Å². The summed E-state index contributed by atoms with van der Waals surface area (Å²) in [7, 11) is -1.68. The number of para-hydroxylation sites is 2. The first-order chi connectivity index (χ1) is 72.0. The van der Waals surface area contributed by atoms with Crippen molar-refractivity contribution in [3.8, 4) is 45.0 Å². The lowest BCUT2D eigenvalue weighted by Gasteiger charge is -2.42. The van der Waals surface area contributed by atoms with E-state index in [1.54, 1.807) is 51.1 Å². The quantitative estimate of drug-likeness (QED) is 0.0203. The van der Waals surface area contributed by atoms with Gasteiger partial charge in [-0.15, -0.1) is 10.2 Å². The van der Waals surface area contributed by atoms with Crippen molar-refractivity contribution in [2.45, 2.75) is 324 Å². The van der Waals surface area contributed by atoms with Crippen LogP contribution in [0.5, 0.6) is 0 Å². The van der Waals surface area contributed by atoms with Crippen LogP contribution in [0.2, 0.25) is 38.3 Å². The summed E-state index contributed by atoms with van der Waals surface area (Å²) in [6.07, 6.45) is 38.9. The van der Waals surface area contributed by atoms with E-state index in [0.717, 1.165) is 94.9 Å². The van der Waals surface area contributed by atoms with Crippen LogP contribution in [0, 0.1) is 5.92 Å². The molecule has 0 aliphatic carbocycles. The third kappa shape index (κ3) is 55.8. The first-order valence-electron chi connectivity index (χ1n) is 55.2. The molecule has 2 atom stereocenters. The highest BCUT2D eigenvalue weighted by Crippen LogP contribution is 2.43. The minimum absolute atomic E-state index is 0. The number of methoxy groups -OCH3 is 1. The summed E-state index contributed by atoms with van der Waals surface area (Å²) in [4.78, 5) is 67.5. The van der Waals surface area contributed by atoms with E-state index in [9.17, 15) is 24.0 Å². The molecule has 0 bridgehead atoms. The molecule has 3 amide bonds. The van der Waals surface area contributed by atoms with E-state index in [2.05, 4.69) is 130 Å². The number of hydrogen-bond donors (Lipinski definition) is 4. The number of unbranched alkanes of at least 4 members (excludes halogenated alkanes) is 17. The van der Waals surface area contributed by atoms with Crippen LogP contribution in [0.1, 0.15) is 259 Å². The number of aromatic nitrogens is 12. The molecule has 10 rings (SSSR count). The number of nitrogens with one attached hydrogen (secondary N) is 3. The fourth-order valence-corrected chi connectivity index (χ4v) is 22.5. The molecule has 6 heterocycles. The second-order valence-electron chi connectivity index (χ2n) is 39.1. The number of fused-ring (bicyclic) bond motifs is 10. The zero-order valence-electron chi connectivity index (χ0n) is 92.7. The molecule has 6 N–H and O–H groups in total. The van der Waals surface area contributed by atoms with Crippen LogP contribution >= 0.6 is 0 Å². The Hall–Kier alpha value is -8.46. The van der Waals surface area contributed by atoms with E-state index in [1.165, 1.54) is 128 Å². The number of Topliss-reactive ketones (excluding diaryl/α,β-unsaturated/α-hetero) is 2. The lowest BCUT2D eigenvalue weighted by molar-refractivity contribution is -0.368. The highest BCUT2D eigenvalue weighted by atomic mass is 79.9. The summed E-state index contributed by atoms with van der Waals surface area (Å²) in [5, 5.41) is 41.0. The Bertz CT molecular complexity index is 4560. The summed E-state index contributed by atoms with van der Waals surface area (Å²) in [5.41, 5.74) is 13.6. The summed E-state index contributed by atoms with van der Waals surface area (Å²) < 4.78 is 75.7. The number of halogens is 1. The molecular formula is C112H185BrN16O18Si2. The third-order valence-electron chi connectivity index (χ3n) is 25.7. The number of H-pyrrole nitrogens is 2. The number of amides is 3.